The third-order valence-electron chi connectivity index (χ3n) is 4.44. The van der Waals surface area contributed by atoms with Crippen LogP contribution in [-0.4, -0.2) is 12.0 Å². The summed E-state index contributed by atoms with van der Waals surface area (Å²) in [5, 5.41) is 4.99. The lowest BCUT2D eigenvalue weighted by Gasteiger charge is -2.30. The van der Waals surface area contributed by atoms with Gasteiger partial charge in [-0.3, -0.25) is 0 Å². The van der Waals surface area contributed by atoms with Crippen molar-refractivity contribution in [3.63, 3.8) is 0 Å². The fourth-order valence-electron chi connectivity index (χ4n) is 3.30. The topological polar surface area (TPSA) is 24.9 Å². The fourth-order valence-corrected chi connectivity index (χ4v) is 4.70. The minimum Gasteiger partial charge on any atom is -0.308 e. The SMILES string of the molecule is CNC1(c2nc3c(s2)CCC3)CCCCCC1. The summed E-state index contributed by atoms with van der Waals surface area (Å²) in [7, 11) is 2.12. The van der Waals surface area contributed by atoms with Gasteiger partial charge in [0.2, 0.25) is 0 Å². The smallest absolute Gasteiger partial charge is 0.113 e. The molecule has 2 aliphatic carbocycles. The van der Waals surface area contributed by atoms with E-state index in [1.807, 2.05) is 11.3 Å². The van der Waals surface area contributed by atoms with Gasteiger partial charge in [-0.1, -0.05) is 25.7 Å². The molecule has 2 aliphatic rings. The highest BCUT2D eigenvalue weighted by Gasteiger charge is 2.35. The Morgan fingerprint density at radius 3 is 2.47 bits per heavy atom. The van der Waals surface area contributed by atoms with E-state index in [-0.39, 0.29) is 5.54 Å². The average Bonchev–Trinajstić information content (AvgIpc) is 2.84. The standard InChI is InChI=1S/C14H22N2S/c1-15-14(9-4-2-3-5-10-14)13-16-11-7-6-8-12(11)17-13/h15H,2-10H2,1H3. The molecule has 1 heterocycles. The maximum absolute atomic E-state index is 4.96. The van der Waals surface area contributed by atoms with E-state index < -0.39 is 0 Å². The summed E-state index contributed by atoms with van der Waals surface area (Å²) >= 11 is 1.99. The number of hydrogen-bond donors (Lipinski definition) is 1. The number of fused-ring (bicyclic) bond motifs is 1. The first kappa shape index (κ1) is 11.7. The van der Waals surface area contributed by atoms with Crippen molar-refractivity contribution < 1.29 is 0 Å². The van der Waals surface area contributed by atoms with Crippen LogP contribution in [0.5, 0.6) is 0 Å². The normalized spacial score (nSPS) is 23.4. The Balaban J connectivity index is 1.92. The van der Waals surface area contributed by atoms with Crippen LogP contribution in [0.25, 0.3) is 0 Å². The van der Waals surface area contributed by atoms with Gasteiger partial charge in [0.15, 0.2) is 0 Å². The zero-order chi connectivity index (χ0) is 11.7. The third-order valence-corrected chi connectivity index (χ3v) is 5.80. The number of thiazole rings is 1. The van der Waals surface area contributed by atoms with Gasteiger partial charge < -0.3 is 5.32 Å². The molecule has 0 bridgehead atoms. The first-order valence-corrected chi connectivity index (χ1v) is 7.84. The molecule has 1 aromatic heterocycles. The molecule has 1 aromatic rings. The molecule has 17 heavy (non-hydrogen) atoms. The molecule has 0 atom stereocenters. The van der Waals surface area contributed by atoms with Crippen molar-refractivity contribution in [3.8, 4) is 0 Å². The number of hydrogen-bond acceptors (Lipinski definition) is 3. The molecule has 0 unspecified atom stereocenters. The second-order valence-corrected chi connectivity index (χ2v) is 6.57. The van der Waals surface area contributed by atoms with Crippen molar-refractivity contribution in [3.05, 3.63) is 15.6 Å². The van der Waals surface area contributed by atoms with Gasteiger partial charge in [-0.15, -0.1) is 11.3 Å². The van der Waals surface area contributed by atoms with Gasteiger partial charge in [0.1, 0.15) is 5.01 Å². The van der Waals surface area contributed by atoms with Crippen molar-refractivity contribution in [2.45, 2.75) is 63.3 Å². The second kappa shape index (κ2) is 4.69. The lowest BCUT2D eigenvalue weighted by atomic mass is 9.91. The van der Waals surface area contributed by atoms with Crippen molar-refractivity contribution >= 4 is 11.3 Å². The van der Waals surface area contributed by atoms with Crippen molar-refractivity contribution in [1.29, 1.82) is 0 Å². The van der Waals surface area contributed by atoms with E-state index in [1.165, 1.54) is 68.5 Å². The molecule has 1 saturated carbocycles. The summed E-state index contributed by atoms with van der Waals surface area (Å²) in [4.78, 5) is 6.52. The first-order valence-electron chi connectivity index (χ1n) is 7.02. The maximum atomic E-state index is 4.96. The Hall–Kier alpha value is -0.410. The highest BCUT2D eigenvalue weighted by atomic mass is 32.1. The molecule has 3 heteroatoms. The van der Waals surface area contributed by atoms with E-state index in [2.05, 4.69) is 12.4 Å². The molecule has 0 aromatic carbocycles. The van der Waals surface area contributed by atoms with E-state index in [4.69, 9.17) is 4.98 Å². The van der Waals surface area contributed by atoms with Crippen molar-refractivity contribution in [2.24, 2.45) is 0 Å². The van der Waals surface area contributed by atoms with Crippen molar-refractivity contribution in [2.75, 3.05) is 7.05 Å². The van der Waals surface area contributed by atoms with E-state index in [9.17, 15) is 0 Å². The highest BCUT2D eigenvalue weighted by Crippen LogP contribution is 2.40. The predicted octanol–water partition coefficient (Wildman–Crippen LogP) is 3.40. The Bertz CT molecular complexity index is 367. The molecule has 1 N–H and O–H groups in total. The van der Waals surface area contributed by atoms with Gasteiger partial charge in [0, 0.05) is 4.88 Å². The first-order chi connectivity index (χ1) is 8.34. The minimum absolute atomic E-state index is 0.200. The summed E-state index contributed by atoms with van der Waals surface area (Å²) in [6, 6.07) is 0. The van der Waals surface area contributed by atoms with Crippen LogP contribution in [0.1, 0.15) is 60.5 Å². The molecule has 0 aliphatic heterocycles. The van der Waals surface area contributed by atoms with Crippen LogP contribution in [0.15, 0.2) is 0 Å². The Morgan fingerprint density at radius 2 is 1.82 bits per heavy atom. The number of rotatable bonds is 2. The summed E-state index contributed by atoms with van der Waals surface area (Å²) in [5.74, 6) is 0. The summed E-state index contributed by atoms with van der Waals surface area (Å²) < 4.78 is 0. The molecule has 1 fully saturated rings. The highest BCUT2D eigenvalue weighted by molar-refractivity contribution is 7.12. The Morgan fingerprint density at radius 1 is 1.06 bits per heavy atom. The van der Waals surface area contributed by atoms with Crippen LogP contribution >= 0.6 is 11.3 Å². The quantitative estimate of drug-likeness (QED) is 0.814. The van der Waals surface area contributed by atoms with Gasteiger partial charge in [0.25, 0.3) is 0 Å². The lowest BCUT2D eigenvalue weighted by molar-refractivity contribution is 0.312. The van der Waals surface area contributed by atoms with E-state index >= 15 is 0 Å². The van der Waals surface area contributed by atoms with Crippen LogP contribution in [-0.2, 0) is 18.4 Å². The van der Waals surface area contributed by atoms with E-state index in [0.717, 1.165) is 0 Å². The van der Waals surface area contributed by atoms with Crippen LogP contribution < -0.4 is 5.32 Å². The number of nitrogens with one attached hydrogen (secondary N) is 1. The van der Waals surface area contributed by atoms with E-state index in [0.29, 0.717) is 0 Å². The molecule has 0 radical (unpaired) electrons. The minimum atomic E-state index is 0.200. The molecular formula is C14H22N2S. The molecule has 2 nitrogen and oxygen atoms in total. The largest absolute Gasteiger partial charge is 0.308 e. The van der Waals surface area contributed by atoms with Gasteiger partial charge in [-0.05, 0) is 39.2 Å². The monoisotopic (exact) mass is 250 g/mol. The molecule has 0 spiro atoms. The zero-order valence-electron chi connectivity index (χ0n) is 10.7. The summed E-state index contributed by atoms with van der Waals surface area (Å²) in [5.41, 5.74) is 1.61. The lowest BCUT2D eigenvalue weighted by Crippen LogP contribution is -2.39. The Kier molecular flexibility index (Phi) is 3.22. The number of nitrogens with zero attached hydrogens (tertiary/aromatic N) is 1. The molecular weight excluding hydrogens is 228 g/mol. The van der Waals surface area contributed by atoms with Crippen LogP contribution in [0, 0.1) is 0 Å². The number of aryl methyl sites for hydroxylation is 2. The number of aromatic nitrogens is 1. The van der Waals surface area contributed by atoms with Crippen LogP contribution in [0.3, 0.4) is 0 Å². The van der Waals surface area contributed by atoms with Gasteiger partial charge in [-0.2, -0.15) is 0 Å². The molecule has 3 rings (SSSR count). The molecule has 94 valence electrons. The van der Waals surface area contributed by atoms with Gasteiger partial charge in [-0.25, -0.2) is 4.98 Å². The van der Waals surface area contributed by atoms with Crippen LogP contribution in [0.4, 0.5) is 0 Å². The summed E-state index contributed by atoms with van der Waals surface area (Å²) in [6.07, 6.45) is 11.9. The van der Waals surface area contributed by atoms with Gasteiger partial charge >= 0.3 is 0 Å². The Labute approximate surface area is 108 Å². The van der Waals surface area contributed by atoms with Crippen LogP contribution in [0.2, 0.25) is 0 Å². The fraction of sp³-hybridized carbons (Fsp3) is 0.786. The van der Waals surface area contributed by atoms with Gasteiger partial charge in [0.05, 0.1) is 11.2 Å². The molecule has 0 amide bonds. The average molecular weight is 250 g/mol. The summed E-state index contributed by atoms with van der Waals surface area (Å²) in [6.45, 7) is 0. The zero-order valence-corrected chi connectivity index (χ0v) is 11.5. The van der Waals surface area contributed by atoms with E-state index in [1.54, 1.807) is 4.88 Å². The molecule has 0 saturated heterocycles. The van der Waals surface area contributed by atoms with Crippen molar-refractivity contribution in [1.82, 2.24) is 10.3 Å². The second-order valence-electron chi connectivity index (χ2n) is 5.49. The third kappa shape index (κ3) is 2.04. The maximum Gasteiger partial charge on any atom is 0.113 e. The predicted molar refractivity (Wildman–Crippen MR) is 72.6 cm³/mol.